The van der Waals surface area contributed by atoms with Crippen molar-refractivity contribution in [2.24, 2.45) is 0 Å². The number of amides is 2. The van der Waals surface area contributed by atoms with Gasteiger partial charge >= 0.3 is 0 Å². The summed E-state index contributed by atoms with van der Waals surface area (Å²) in [5.41, 5.74) is 3.40. The molecule has 1 heterocycles. The molecule has 0 aliphatic heterocycles. The maximum Gasteiger partial charge on any atom is 0.258 e. The van der Waals surface area contributed by atoms with Crippen LogP contribution in [-0.4, -0.2) is 36.2 Å². The molecule has 4 rings (SSSR count). The molecular formula is C24H22N4O4. The predicted molar refractivity (Wildman–Crippen MR) is 123 cm³/mol. The lowest BCUT2D eigenvalue weighted by Crippen LogP contribution is -2.16. The number of nitrogens with one attached hydrogen (secondary N) is 3. The number of nitrogens with zero attached hydrogens (tertiary/aromatic N) is 1. The first-order chi connectivity index (χ1) is 15.5. The largest absolute Gasteiger partial charge is 0.497 e. The molecule has 32 heavy (non-hydrogen) atoms. The predicted octanol–water partition coefficient (Wildman–Crippen LogP) is 4.46. The first-order valence-electron chi connectivity index (χ1n) is 9.88. The molecule has 0 radical (unpaired) electrons. The van der Waals surface area contributed by atoms with Crippen molar-refractivity contribution in [1.29, 1.82) is 0 Å². The van der Waals surface area contributed by atoms with Crippen molar-refractivity contribution in [3.8, 4) is 22.6 Å². The average Bonchev–Trinajstić information content (AvgIpc) is 3.20. The average molecular weight is 430 g/mol. The van der Waals surface area contributed by atoms with Crippen LogP contribution in [0, 0.1) is 0 Å². The summed E-state index contributed by atoms with van der Waals surface area (Å²) in [6.07, 6.45) is 0. The lowest BCUT2D eigenvalue weighted by atomic mass is 10.0. The van der Waals surface area contributed by atoms with Crippen LogP contribution in [0.1, 0.15) is 17.3 Å². The first kappa shape index (κ1) is 20.9. The normalized spacial score (nSPS) is 10.6. The molecular weight excluding hydrogens is 408 g/mol. The maximum absolute atomic E-state index is 12.8. The summed E-state index contributed by atoms with van der Waals surface area (Å²) in [5.74, 6) is 1.16. The molecule has 3 aromatic carbocycles. The van der Waals surface area contributed by atoms with Crippen molar-refractivity contribution in [2.45, 2.75) is 6.92 Å². The minimum Gasteiger partial charge on any atom is -0.497 e. The number of hydrogen-bond acceptors (Lipinski definition) is 5. The molecule has 0 atom stereocenters. The topological polar surface area (TPSA) is 105 Å². The molecule has 1 aromatic heterocycles. The van der Waals surface area contributed by atoms with E-state index in [0.29, 0.717) is 28.6 Å². The van der Waals surface area contributed by atoms with Gasteiger partial charge in [0.05, 0.1) is 31.0 Å². The third-order valence-corrected chi connectivity index (χ3v) is 4.96. The third-order valence-electron chi connectivity index (χ3n) is 4.96. The highest BCUT2D eigenvalue weighted by Crippen LogP contribution is 2.32. The molecule has 162 valence electrons. The Balaban J connectivity index is 1.63. The number of hydrogen-bond donors (Lipinski definition) is 3. The molecule has 0 aliphatic carbocycles. The summed E-state index contributed by atoms with van der Waals surface area (Å²) in [7, 11) is 3.21. The standard InChI is InChI=1S/C24H22N4O4/c1-14(29)25-21-7-5-4-6-20(21)24(30)26-23-19-9-8-15(12-22(19)27-28-23)16-10-17(31-2)13-18(11-16)32-3/h4-13H,1-3H3,(H,25,29)(H2,26,27,28,30). The summed E-state index contributed by atoms with van der Waals surface area (Å²) in [6.45, 7) is 1.39. The van der Waals surface area contributed by atoms with Gasteiger partial charge in [-0.05, 0) is 47.5 Å². The quantitative estimate of drug-likeness (QED) is 0.419. The van der Waals surface area contributed by atoms with Crippen molar-refractivity contribution in [3.63, 3.8) is 0 Å². The van der Waals surface area contributed by atoms with E-state index < -0.39 is 0 Å². The number of carbonyl (C=O) groups is 2. The van der Waals surface area contributed by atoms with Crippen LogP contribution >= 0.6 is 0 Å². The van der Waals surface area contributed by atoms with Crippen LogP contribution in [0.25, 0.3) is 22.0 Å². The van der Waals surface area contributed by atoms with Gasteiger partial charge in [-0.2, -0.15) is 5.10 Å². The molecule has 0 bridgehead atoms. The van der Waals surface area contributed by atoms with Crippen molar-refractivity contribution in [1.82, 2.24) is 10.2 Å². The van der Waals surface area contributed by atoms with Crippen LogP contribution in [-0.2, 0) is 4.79 Å². The number of ether oxygens (including phenoxy) is 2. The molecule has 0 spiro atoms. The molecule has 0 fully saturated rings. The van der Waals surface area contributed by atoms with Gasteiger partial charge in [0, 0.05) is 18.4 Å². The minimum absolute atomic E-state index is 0.253. The summed E-state index contributed by atoms with van der Waals surface area (Å²) in [5, 5.41) is 13.5. The fourth-order valence-corrected chi connectivity index (χ4v) is 3.42. The Hall–Kier alpha value is -4.33. The summed E-state index contributed by atoms with van der Waals surface area (Å²) in [6, 6.07) is 18.2. The second-order valence-electron chi connectivity index (χ2n) is 7.11. The highest BCUT2D eigenvalue weighted by atomic mass is 16.5. The number of methoxy groups -OCH3 is 2. The number of aromatic nitrogens is 2. The third kappa shape index (κ3) is 4.24. The van der Waals surface area contributed by atoms with Gasteiger partial charge in [-0.3, -0.25) is 14.7 Å². The summed E-state index contributed by atoms with van der Waals surface area (Å²) < 4.78 is 10.7. The Kier molecular flexibility index (Phi) is 5.76. The minimum atomic E-state index is -0.371. The Morgan fingerprint density at radius 3 is 2.28 bits per heavy atom. The number of benzene rings is 3. The molecule has 0 saturated carbocycles. The molecule has 0 saturated heterocycles. The Labute approximate surface area is 184 Å². The Bertz CT molecular complexity index is 1290. The summed E-state index contributed by atoms with van der Waals surface area (Å²) in [4.78, 5) is 24.3. The zero-order valence-corrected chi connectivity index (χ0v) is 17.9. The Morgan fingerprint density at radius 2 is 1.59 bits per heavy atom. The van der Waals surface area contributed by atoms with Gasteiger partial charge in [0.2, 0.25) is 5.91 Å². The smallest absolute Gasteiger partial charge is 0.258 e. The van der Waals surface area contributed by atoms with E-state index in [1.165, 1.54) is 6.92 Å². The van der Waals surface area contributed by atoms with E-state index >= 15 is 0 Å². The number of para-hydroxylation sites is 1. The number of rotatable bonds is 6. The SMILES string of the molecule is COc1cc(OC)cc(-c2ccc3c(NC(=O)c4ccccc4NC(C)=O)n[nH]c3c2)c1. The van der Waals surface area contributed by atoms with Crippen LogP contribution in [0.5, 0.6) is 11.5 Å². The molecule has 0 unspecified atom stereocenters. The zero-order valence-electron chi connectivity index (χ0n) is 17.9. The molecule has 3 N–H and O–H groups in total. The number of aromatic amines is 1. The van der Waals surface area contributed by atoms with E-state index in [4.69, 9.17) is 9.47 Å². The molecule has 8 heteroatoms. The van der Waals surface area contributed by atoms with Gasteiger partial charge in [0.1, 0.15) is 11.5 Å². The highest BCUT2D eigenvalue weighted by molar-refractivity contribution is 6.12. The zero-order chi connectivity index (χ0) is 22.7. The maximum atomic E-state index is 12.8. The van der Waals surface area contributed by atoms with E-state index in [2.05, 4.69) is 20.8 Å². The molecule has 8 nitrogen and oxygen atoms in total. The van der Waals surface area contributed by atoms with E-state index in [-0.39, 0.29) is 11.8 Å². The van der Waals surface area contributed by atoms with Gasteiger partial charge in [-0.1, -0.05) is 18.2 Å². The van der Waals surface area contributed by atoms with Gasteiger partial charge in [-0.15, -0.1) is 0 Å². The van der Waals surface area contributed by atoms with Crippen LogP contribution < -0.4 is 20.1 Å². The summed E-state index contributed by atoms with van der Waals surface area (Å²) >= 11 is 0. The number of anilines is 2. The van der Waals surface area contributed by atoms with Crippen molar-refractivity contribution < 1.29 is 19.1 Å². The van der Waals surface area contributed by atoms with E-state index in [9.17, 15) is 9.59 Å². The van der Waals surface area contributed by atoms with Crippen LogP contribution in [0.4, 0.5) is 11.5 Å². The Morgan fingerprint density at radius 1 is 0.875 bits per heavy atom. The molecule has 0 aliphatic rings. The second-order valence-corrected chi connectivity index (χ2v) is 7.11. The van der Waals surface area contributed by atoms with E-state index in [0.717, 1.165) is 22.0 Å². The van der Waals surface area contributed by atoms with Gasteiger partial charge < -0.3 is 20.1 Å². The fraction of sp³-hybridized carbons (Fsp3) is 0.125. The van der Waals surface area contributed by atoms with Gasteiger partial charge in [-0.25, -0.2) is 0 Å². The van der Waals surface area contributed by atoms with E-state index in [1.807, 2.05) is 36.4 Å². The van der Waals surface area contributed by atoms with Crippen molar-refractivity contribution in [3.05, 3.63) is 66.2 Å². The van der Waals surface area contributed by atoms with E-state index in [1.54, 1.807) is 38.5 Å². The van der Waals surface area contributed by atoms with Crippen LogP contribution in [0.2, 0.25) is 0 Å². The van der Waals surface area contributed by atoms with Crippen LogP contribution in [0.3, 0.4) is 0 Å². The fourth-order valence-electron chi connectivity index (χ4n) is 3.42. The second kappa shape index (κ2) is 8.81. The monoisotopic (exact) mass is 430 g/mol. The number of fused-ring (bicyclic) bond motifs is 1. The first-order valence-corrected chi connectivity index (χ1v) is 9.88. The van der Waals surface area contributed by atoms with Crippen molar-refractivity contribution in [2.75, 3.05) is 24.9 Å². The molecule has 4 aromatic rings. The molecule has 2 amide bonds. The lowest BCUT2D eigenvalue weighted by molar-refractivity contribution is -0.114. The number of H-pyrrole nitrogens is 1. The lowest BCUT2D eigenvalue weighted by Gasteiger charge is -2.10. The van der Waals surface area contributed by atoms with Gasteiger partial charge in [0.15, 0.2) is 5.82 Å². The number of carbonyl (C=O) groups excluding carboxylic acids is 2. The van der Waals surface area contributed by atoms with Crippen molar-refractivity contribution >= 4 is 34.2 Å². The van der Waals surface area contributed by atoms with Crippen LogP contribution in [0.15, 0.2) is 60.7 Å². The van der Waals surface area contributed by atoms with Gasteiger partial charge in [0.25, 0.3) is 5.91 Å². The highest BCUT2D eigenvalue weighted by Gasteiger charge is 2.16.